The lowest BCUT2D eigenvalue weighted by Crippen LogP contribution is -2.33. The number of likely N-dealkylation sites (tertiary alicyclic amines) is 1. The van der Waals surface area contributed by atoms with Crippen LogP contribution in [0.15, 0.2) is 24.3 Å². The van der Waals surface area contributed by atoms with Crippen molar-refractivity contribution in [2.45, 2.75) is 25.3 Å². The van der Waals surface area contributed by atoms with Crippen molar-refractivity contribution in [1.29, 1.82) is 0 Å². The zero-order chi connectivity index (χ0) is 11.4. The Morgan fingerprint density at radius 2 is 2.06 bits per heavy atom. The molecule has 1 aromatic carbocycles. The monoisotopic (exact) mass is 220 g/mol. The standard InChI is InChI=1S/C13H20N2O/c14-12-5-3-11(4-6-12)7-9-15-8-1-2-13(15)10-16/h3-6,13,16H,1-2,7-10,14H2/t13-/m1/s1. The van der Waals surface area contributed by atoms with E-state index in [1.807, 2.05) is 12.1 Å². The summed E-state index contributed by atoms with van der Waals surface area (Å²) in [6.07, 6.45) is 3.39. The minimum Gasteiger partial charge on any atom is -0.399 e. The van der Waals surface area contributed by atoms with E-state index in [1.54, 1.807) is 0 Å². The van der Waals surface area contributed by atoms with Gasteiger partial charge in [0.1, 0.15) is 0 Å². The minimum atomic E-state index is 0.293. The third-order valence-electron chi connectivity index (χ3n) is 3.38. The first-order chi connectivity index (χ1) is 7.79. The Bertz CT molecular complexity index is 323. The van der Waals surface area contributed by atoms with Crippen molar-refractivity contribution < 1.29 is 5.11 Å². The van der Waals surface area contributed by atoms with Gasteiger partial charge in [0.15, 0.2) is 0 Å². The van der Waals surface area contributed by atoms with Crippen molar-refractivity contribution in [2.75, 3.05) is 25.4 Å². The van der Waals surface area contributed by atoms with Crippen LogP contribution in [0.5, 0.6) is 0 Å². The third kappa shape index (κ3) is 2.74. The maximum absolute atomic E-state index is 9.21. The fraction of sp³-hybridized carbons (Fsp3) is 0.538. The Balaban J connectivity index is 1.85. The predicted molar refractivity (Wildman–Crippen MR) is 66.2 cm³/mol. The van der Waals surface area contributed by atoms with Crippen LogP contribution in [0.3, 0.4) is 0 Å². The molecule has 0 unspecified atom stereocenters. The summed E-state index contributed by atoms with van der Waals surface area (Å²) in [7, 11) is 0. The van der Waals surface area contributed by atoms with E-state index in [0.29, 0.717) is 12.6 Å². The molecule has 0 spiro atoms. The second-order valence-electron chi connectivity index (χ2n) is 4.51. The Morgan fingerprint density at radius 1 is 1.31 bits per heavy atom. The summed E-state index contributed by atoms with van der Waals surface area (Å²) in [5, 5.41) is 9.21. The number of hydrogen-bond acceptors (Lipinski definition) is 3. The van der Waals surface area contributed by atoms with Crippen molar-refractivity contribution in [3.63, 3.8) is 0 Å². The van der Waals surface area contributed by atoms with E-state index in [1.165, 1.54) is 12.0 Å². The van der Waals surface area contributed by atoms with Gasteiger partial charge in [0, 0.05) is 18.3 Å². The topological polar surface area (TPSA) is 49.5 Å². The molecule has 0 aromatic heterocycles. The normalized spacial score (nSPS) is 21.4. The molecular formula is C13H20N2O. The van der Waals surface area contributed by atoms with Gasteiger partial charge in [0.2, 0.25) is 0 Å². The Hall–Kier alpha value is -1.06. The lowest BCUT2D eigenvalue weighted by atomic mass is 10.1. The van der Waals surface area contributed by atoms with Gasteiger partial charge >= 0.3 is 0 Å². The van der Waals surface area contributed by atoms with Crippen LogP contribution in [0.25, 0.3) is 0 Å². The fourth-order valence-electron chi connectivity index (χ4n) is 2.35. The van der Waals surface area contributed by atoms with Crippen molar-refractivity contribution in [3.05, 3.63) is 29.8 Å². The number of nitrogens with zero attached hydrogens (tertiary/aromatic N) is 1. The maximum atomic E-state index is 9.21. The molecule has 1 saturated heterocycles. The molecule has 3 nitrogen and oxygen atoms in total. The summed E-state index contributed by atoms with van der Waals surface area (Å²) in [4.78, 5) is 2.39. The highest BCUT2D eigenvalue weighted by Crippen LogP contribution is 2.17. The SMILES string of the molecule is Nc1ccc(CCN2CCC[C@@H]2CO)cc1. The van der Waals surface area contributed by atoms with Gasteiger partial charge in [0.25, 0.3) is 0 Å². The molecule has 1 heterocycles. The van der Waals surface area contributed by atoms with Gasteiger partial charge in [-0.25, -0.2) is 0 Å². The second-order valence-corrected chi connectivity index (χ2v) is 4.51. The number of aliphatic hydroxyl groups is 1. The van der Waals surface area contributed by atoms with E-state index in [2.05, 4.69) is 17.0 Å². The lowest BCUT2D eigenvalue weighted by Gasteiger charge is -2.22. The molecule has 1 fully saturated rings. The smallest absolute Gasteiger partial charge is 0.0586 e. The highest BCUT2D eigenvalue weighted by Gasteiger charge is 2.22. The number of hydrogen-bond donors (Lipinski definition) is 2. The van der Waals surface area contributed by atoms with Gasteiger partial charge < -0.3 is 10.8 Å². The van der Waals surface area contributed by atoms with Gasteiger partial charge in [-0.1, -0.05) is 12.1 Å². The van der Waals surface area contributed by atoms with E-state index in [-0.39, 0.29) is 0 Å². The Kier molecular flexibility index (Phi) is 3.80. The first kappa shape index (κ1) is 11.4. The van der Waals surface area contributed by atoms with Gasteiger partial charge in [-0.3, -0.25) is 4.90 Å². The summed E-state index contributed by atoms with van der Waals surface area (Å²) in [6, 6.07) is 8.44. The number of aliphatic hydroxyl groups excluding tert-OH is 1. The molecule has 0 radical (unpaired) electrons. The number of rotatable bonds is 4. The van der Waals surface area contributed by atoms with Crippen LogP contribution in [0.2, 0.25) is 0 Å². The molecule has 0 amide bonds. The van der Waals surface area contributed by atoms with Crippen molar-refractivity contribution in [1.82, 2.24) is 4.90 Å². The molecule has 0 aliphatic carbocycles. The Labute approximate surface area is 96.9 Å². The van der Waals surface area contributed by atoms with Crippen molar-refractivity contribution >= 4 is 5.69 Å². The molecule has 1 aliphatic rings. The molecule has 3 N–H and O–H groups in total. The molecule has 3 heteroatoms. The largest absolute Gasteiger partial charge is 0.399 e. The van der Waals surface area contributed by atoms with Gasteiger partial charge in [-0.05, 0) is 43.5 Å². The number of anilines is 1. The summed E-state index contributed by atoms with van der Waals surface area (Å²) >= 11 is 0. The first-order valence-corrected chi connectivity index (χ1v) is 5.99. The van der Waals surface area contributed by atoms with E-state index in [0.717, 1.165) is 31.6 Å². The molecule has 16 heavy (non-hydrogen) atoms. The number of nitrogens with two attached hydrogens (primary N) is 1. The first-order valence-electron chi connectivity index (χ1n) is 5.99. The predicted octanol–water partition coefficient (Wildman–Crippen LogP) is 1.27. The summed E-state index contributed by atoms with van der Waals surface area (Å²) in [5.41, 5.74) is 7.78. The maximum Gasteiger partial charge on any atom is 0.0586 e. The lowest BCUT2D eigenvalue weighted by molar-refractivity contribution is 0.160. The number of nitrogen functional groups attached to an aromatic ring is 1. The second kappa shape index (κ2) is 5.32. The average Bonchev–Trinajstić information content (AvgIpc) is 2.76. The average molecular weight is 220 g/mol. The van der Waals surface area contributed by atoms with E-state index in [4.69, 9.17) is 5.73 Å². The van der Waals surface area contributed by atoms with Gasteiger partial charge in [-0.15, -0.1) is 0 Å². The van der Waals surface area contributed by atoms with E-state index >= 15 is 0 Å². The van der Waals surface area contributed by atoms with Crippen LogP contribution in [-0.4, -0.2) is 35.7 Å². The quantitative estimate of drug-likeness (QED) is 0.751. The third-order valence-corrected chi connectivity index (χ3v) is 3.38. The van der Waals surface area contributed by atoms with Crippen LogP contribution in [0.1, 0.15) is 18.4 Å². The van der Waals surface area contributed by atoms with Crippen LogP contribution in [0, 0.1) is 0 Å². The molecule has 88 valence electrons. The van der Waals surface area contributed by atoms with Crippen LogP contribution in [0.4, 0.5) is 5.69 Å². The van der Waals surface area contributed by atoms with E-state index < -0.39 is 0 Å². The summed E-state index contributed by atoms with van der Waals surface area (Å²) in [6.45, 7) is 2.46. The van der Waals surface area contributed by atoms with E-state index in [9.17, 15) is 5.11 Å². The van der Waals surface area contributed by atoms with Crippen LogP contribution < -0.4 is 5.73 Å². The minimum absolute atomic E-state index is 0.293. The summed E-state index contributed by atoms with van der Waals surface area (Å²) in [5.74, 6) is 0. The summed E-state index contributed by atoms with van der Waals surface area (Å²) < 4.78 is 0. The highest BCUT2D eigenvalue weighted by molar-refractivity contribution is 5.39. The molecule has 0 saturated carbocycles. The molecule has 1 aliphatic heterocycles. The van der Waals surface area contributed by atoms with Gasteiger partial charge in [0.05, 0.1) is 6.61 Å². The zero-order valence-corrected chi connectivity index (χ0v) is 9.60. The molecule has 1 atom stereocenters. The fourth-order valence-corrected chi connectivity index (χ4v) is 2.35. The van der Waals surface area contributed by atoms with Crippen LogP contribution >= 0.6 is 0 Å². The van der Waals surface area contributed by atoms with Gasteiger partial charge in [-0.2, -0.15) is 0 Å². The van der Waals surface area contributed by atoms with Crippen molar-refractivity contribution in [2.24, 2.45) is 0 Å². The molecule has 0 bridgehead atoms. The number of benzene rings is 1. The molecular weight excluding hydrogens is 200 g/mol. The Morgan fingerprint density at radius 3 is 2.75 bits per heavy atom. The van der Waals surface area contributed by atoms with Crippen molar-refractivity contribution in [3.8, 4) is 0 Å². The highest BCUT2D eigenvalue weighted by atomic mass is 16.3. The molecule has 2 rings (SSSR count). The zero-order valence-electron chi connectivity index (χ0n) is 9.60. The molecule has 1 aromatic rings. The van der Waals surface area contributed by atoms with Crippen LogP contribution in [-0.2, 0) is 6.42 Å².